The molecule has 0 heterocycles. The van der Waals surface area contributed by atoms with Gasteiger partial charge >= 0.3 is 6.18 Å². The lowest BCUT2D eigenvalue weighted by Crippen LogP contribution is -2.15. The number of aryl methyl sites for hydroxylation is 1. The van der Waals surface area contributed by atoms with Gasteiger partial charge in [0.1, 0.15) is 0 Å². The van der Waals surface area contributed by atoms with Crippen molar-refractivity contribution in [1.29, 1.82) is 0 Å². The summed E-state index contributed by atoms with van der Waals surface area (Å²) >= 11 is 2.06. The molecule has 0 atom stereocenters. The molecule has 0 unspecified atom stereocenters. The van der Waals surface area contributed by atoms with E-state index < -0.39 is 21.8 Å². The van der Waals surface area contributed by atoms with E-state index in [9.17, 15) is 26.4 Å². The fourth-order valence-corrected chi connectivity index (χ4v) is 4.66. The minimum absolute atomic E-state index is 0.159. The van der Waals surface area contributed by atoms with Crippen LogP contribution in [0.2, 0.25) is 0 Å². The average molecular weight is 560 g/mol. The fourth-order valence-electron chi connectivity index (χ4n) is 2.69. The summed E-state index contributed by atoms with van der Waals surface area (Å²) in [7, 11) is -4.12. The van der Waals surface area contributed by atoms with Gasteiger partial charge in [-0.2, -0.15) is 13.2 Å². The highest BCUT2D eigenvalue weighted by atomic mass is 127. The Kier molecular flexibility index (Phi) is 6.60. The first-order valence-electron chi connectivity index (χ1n) is 8.83. The molecule has 0 aliphatic heterocycles. The topological polar surface area (TPSA) is 75.3 Å². The number of nitrogens with one attached hydrogen (secondary N) is 2. The van der Waals surface area contributed by atoms with Crippen LogP contribution in [-0.2, 0) is 16.2 Å². The predicted molar refractivity (Wildman–Crippen MR) is 121 cm³/mol. The molecule has 0 spiro atoms. The van der Waals surface area contributed by atoms with Crippen LogP contribution in [0.25, 0.3) is 0 Å². The summed E-state index contributed by atoms with van der Waals surface area (Å²) in [4.78, 5) is 12.3. The predicted octanol–water partition coefficient (Wildman–Crippen LogP) is 5.67. The lowest BCUT2D eigenvalue weighted by Gasteiger charge is -2.12. The maximum absolute atomic E-state index is 12.8. The molecular weight excluding hydrogens is 544 g/mol. The summed E-state index contributed by atoms with van der Waals surface area (Å²) in [6, 6.07) is 14.6. The number of sulfonamides is 1. The molecular formula is C21H16F3IN2O3S. The zero-order valence-corrected chi connectivity index (χ0v) is 19.0. The number of anilines is 2. The molecule has 0 aliphatic carbocycles. The number of amides is 1. The van der Waals surface area contributed by atoms with Crippen molar-refractivity contribution in [2.45, 2.75) is 18.0 Å². The van der Waals surface area contributed by atoms with Gasteiger partial charge in [-0.1, -0.05) is 17.7 Å². The Balaban J connectivity index is 1.75. The van der Waals surface area contributed by atoms with Crippen molar-refractivity contribution in [3.8, 4) is 0 Å². The quantitative estimate of drug-likeness (QED) is 0.395. The molecule has 0 fully saturated rings. The molecule has 3 rings (SSSR count). The smallest absolute Gasteiger partial charge is 0.322 e. The van der Waals surface area contributed by atoms with Gasteiger partial charge in [0.2, 0.25) is 0 Å². The van der Waals surface area contributed by atoms with Gasteiger partial charge in [0, 0.05) is 14.9 Å². The second-order valence-corrected chi connectivity index (χ2v) is 9.49. The van der Waals surface area contributed by atoms with E-state index in [1.165, 1.54) is 30.3 Å². The Hall–Kier alpha value is -2.60. The summed E-state index contributed by atoms with van der Waals surface area (Å²) in [6.45, 7) is 1.91. The van der Waals surface area contributed by atoms with E-state index in [1.807, 2.05) is 19.1 Å². The minimum atomic E-state index is -4.59. The Bertz CT molecular complexity index is 1230. The molecule has 0 saturated carbocycles. The molecule has 31 heavy (non-hydrogen) atoms. The first kappa shape index (κ1) is 23.1. The van der Waals surface area contributed by atoms with E-state index in [-0.39, 0.29) is 16.5 Å². The van der Waals surface area contributed by atoms with E-state index >= 15 is 0 Å². The van der Waals surface area contributed by atoms with Crippen molar-refractivity contribution < 1.29 is 26.4 Å². The molecule has 10 heteroatoms. The number of benzene rings is 3. The molecule has 0 saturated heterocycles. The van der Waals surface area contributed by atoms with Crippen LogP contribution in [0.15, 0.2) is 71.6 Å². The third-order valence-electron chi connectivity index (χ3n) is 4.23. The Morgan fingerprint density at radius 1 is 0.935 bits per heavy atom. The van der Waals surface area contributed by atoms with Gasteiger partial charge < -0.3 is 5.32 Å². The maximum atomic E-state index is 12.8. The highest BCUT2D eigenvalue weighted by molar-refractivity contribution is 14.1. The molecule has 2 N–H and O–H groups in total. The fraction of sp³-hybridized carbons (Fsp3) is 0.0952. The van der Waals surface area contributed by atoms with Crippen LogP contribution in [0.3, 0.4) is 0 Å². The second-order valence-electron chi connectivity index (χ2n) is 6.65. The molecule has 0 aromatic heterocycles. The van der Waals surface area contributed by atoms with E-state index in [1.54, 1.807) is 6.07 Å². The molecule has 162 valence electrons. The van der Waals surface area contributed by atoms with Gasteiger partial charge in [-0.05, 0) is 84.1 Å². The van der Waals surface area contributed by atoms with Gasteiger partial charge in [0.15, 0.2) is 0 Å². The van der Waals surface area contributed by atoms with E-state index in [2.05, 4.69) is 32.6 Å². The number of carbonyl (C=O) groups excluding carboxylic acids is 1. The highest BCUT2D eigenvalue weighted by Crippen LogP contribution is 2.31. The van der Waals surface area contributed by atoms with Gasteiger partial charge in [-0.25, -0.2) is 8.42 Å². The van der Waals surface area contributed by atoms with E-state index in [0.717, 1.165) is 27.3 Å². The molecule has 0 radical (unpaired) electrons. The lowest BCUT2D eigenvalue weighted by atomic mass is 10.1. The van der Waals surface area contributed by atoms with Crippen molar-refractivity contribution in [3.05, 3.63) is 87.0 Å². The third kappa shape index (κ3) is 5.76. The number of hydrogen-bond acceptors (Lipinski definition) is 3. The largest absolute Gasteiger partial charge is 0.416 e. The van der Waals surface area contributed by atoms with Gasteiger partial charge in [-0.3, -0.25) is 9.52 Å². The molecule has 1 amide bonds. The van der Waals surface area contributed by atoms with Crippen LogP contribution in [-0.4, -0.2) is 14.3 Å². The number of hydrogen-bond donors (Lipinski definition) is 2. The number of halogens is 4. The second kappa shape index (κ2) is 8.87. The molecule has 3 aromatic rings. The first-order chi connectivity index (χ1) is 14.5. The normalized spacial score (nSPS) is 11.8. The summed E-state index contributed by atoms with van der Waals surface area (Å²) in [5, 5.41) is 2.69. The zero-order valence-electron chi connectivity index (χ0n) is 16.0. The maximum Gasteiger partial charge on any atom is 0.416 e. The summed E-state index contributed by atoms with van der Waals surface area (Å²) in [6.07, 6.45) is -4.59. The summed E-state index contributed by atoms with van der Waals surface area (Å²) in [5.74, 6) is -0.345. The van der Waals surface area contributed by atoms with Crippen LogP contribution in [0, 0.1) is 10.5 Å². The van der Waals surface area contributed by atoms with E-state index in [4.69, 9.17) is 0 Å². The Morgan fingerprint density at radius 3 is 2.23 bits per heavy atom. The number of carbonyl (C=O) groups is 1. The van der Waals surface area contributed by atoms with Crippen LogP contribution in [0.5, 0.6) is 0 Å². The van der Waals surface area contributed by atoms with Crippen molar-refractivity contribution in [2.24, 2.45) is 0 Å². The van der Waals surface area contributed by atoms with Crippen LogP contribution < -0.4 is 10.0 Å². The van der Waals surface area contributed by atoms with Gasteiger partial charge in [0.05, 0.1) is 16.0 Å². The van der Waals surface area contributed by atoms with Crippen molar-refractivity contribution >= 4 is 49.9 Å². The zero-order chi connectivity index (χ0) is 22.8. The molecule has 0 bridgehead atoms. The number of alkyl halides is 3. The average Bonchev–Trinajstić information content (AvgIpc) is 2.67. The van der Waals surface area contributed by atoms with Gasteiger partial charge in [-0.15, -0.1) is 0 Å². The van der Waals surface area contributed by atoms with Crippen molar-refractivity contribution in [3.63, 3.8) is 0 Å². The Morgan fingerprint density at radius 2 is 1.61 bits per heavy atom. The number of rotatable bonds is 5. The molecule has 5 nitrogen and oxygen atoms in total. The standard InChI is InChI=1S/C21H16F3IN2O3S/c1-13-5-10-18(19(25)11-13)20(28)26-15-6-8-17(9-7-15)31(29,30)27-16-4-2-3-14(12-16)21(22,23)24/h2-12,27H,1H3,(H,26,28). The summed E-state index contributed by atoms with van der Waals surface area (Å²) in [5.41, 5.74) is 0.704. The summed E-state index contributed by atoms with van der Waals surface area (Å²) < 4.78 is 66.4. The lowest BCUT2D eigenvalue weighted by molar-refractivity contribution is -0.137. The monoisotopic (exact) mass is 560 g/mol. The third-order valence-corrected chi connectivity index (χ3v) is 6.52. The molecule has 0 aliphatic rings. The van der Waals surface area contributed by atoms with Crippen molar-refractivity contribution in [2.75, 3.05) is 10.0 Å². The Labute approximate surface area is 190 Å². The van der Waals surface area contributed by atoms with E-state index in [0.29, 0.717) is 11.3 Å². The minimum Gasteiger partial charge on any atom is -0.322 e. The first-order valence-corrected chi connectivity index (χ1v) is 11.4. The SMILES string of the molecule is Cc1ccc(C(=O)Nc2ccc(S(=O)(=O)Nc3cccc(C(F)(F)F)c3)cc2)c(I)c1. The van der Waals surface area contributed by atoms with Crippen LogP contribution >= 0.6 is 22.6 Å². The van der Waals surface area contributed by atoms with Crippen LogP contribution in [0.1, 0.15) is 21.5 Å². The van der Waals surface area contributed by atoms with Gasteiger partial charge in [0.25, 0.3) is 15.9 Å². The highest BCUT2D eigenvalue weighted by Gasteiger charge is 2.30. The van der Waals surface area contributed by atoms with Crippen molar-refractivity contribution in [1.82, 2.24) is 0 Å². The van der Waals surface area contributed by atoms with Crippen LogP contribution in [0.4, 0.5) is 24.5 Å². The molecule has 3 aromatic carbocycles.